The predicted molar refractivity (Wildman–Crippen MR) is 72.9 cm³/mol. The standard InChI is InChI=1S/C11H11N5O2S/c1-2-10-13-14-11(19)15(10)12-7-8-5-3-4-6-9(8)16(17)18/h3-7H,2H2,1H3,(H,14,19). The van der Waals surface area contributed by atoms with Gasteiger partial charge in [-0.25, -0.2) is 0 Å². The van der Waals surface area contributed by atoms with Crippen LogP contribution in [0.5, 0.6) is 0 Å². The molecule has 1 N–H and O–H groups in total. The van der Waals surface area contributed by atoms with Crippen LogP contribution in [0.3, 0.4) is 0 Å². The molecule has 0 radical (unpaired) electrons. The van der Waals surface area contributed by atoms with Gasteiger partial charge >= 0.3 is 0 Å². The predicted octanol–water partition coefficient (Wildman–Crippen LogP) is 2.29. The maximum absolute atomic E-state index is 10.9. The first kappa shape index (κ1) is 13.1. The van der Waals surface area contributed by atoms with Crippen LogP contribution in [0.2, 0.25) is 0 Å². The number of nitro benzene ring substituents is 1. The Balaban J connectivity index is 2.41. The molecule has 0 saturated heterocycles. The van der Waals surface area contributed by atoms with E-state index in [0.29, 0.717) is 22.6 Å². The minimum Gasteiger partial charge on any atom is -0.258 e. The summed E-state index contributed by atoms with van der Waals surface area (Å²) in [6.45, 7) is 1.92. The third-order valence-corrected chi connectivity index (χ3v) is 2.74. The number of H-pyrrole nitrogens is 1. The number of aromatic nitrogens is 3. The maximum Gasteiger partial charge on any atom is 0.278 e. The van der Waals surface area contributed by atoms with Gasteiger partial charge in [0, 0.05) is 12.5 Å². The van der Waals surface area contributed by atoms with Crippen LogP contribution < -0.4 is 0 Å². The van der Waals surface area contributed by atoms with Crippen molar-refractivity contribution >= 4 is 24.1 Å². The monoisotopic (exact) mass is 277 g/mol. The number of hydrogen-bond acceptors (Lipinski definition) is 5. The van der Waals surface area contributed by atoms with E-state index in [-0.39, 0.29) is 5.69 Å². The molecular formula is C11H11N5O2S. The second-order valence-corrected chi connectivity index (χ2v) is 4.06. The molecule has 1 aromatic heterocycles. The van der Waals surface area contributed by atoms with E-state index in [2.05, 4.69) is 15.3 Å². The number of nitrogens with one attached hydrogen (secondary N) is 1. The summed E-state index contributed by atoms with van der Waals surface area (Å²) in [6, 6.07) is 6.37. The molecule has 8 heteroatoms. The van der Waals surface area contributed by atoms with Crippen molar-refractivity contribution in [3.63, 3.8) is 0 Å². The molecule has 0 aliphatic rings. The number of para-hydroxylation sites is 1. The van der Waals surface area contributed by atoms with Crippen molar-refractivity contribution in [2.24, 2.45) is 5.10 Å². The fourth-order valence-electron chi connectivity index (χ4n) is 1.56. The summed E-state index contributed by atoms with van der Waals surface area (Å²) in [5, 5.41) is 21.6. The van der Waals surface area contributed by atoms with Crippen molar-refractivity contribution in [2.75, 3.05) is 0 Å². The number of hydrogen-bond donors (Lipinski definition) is 1. The minimum absolute atomic E-state index is 0.000637. The zero-order valence-electron chi connectivity index (χ0n) is 10.1. The summed E-state index contributed by atoms with van der Waals surface area (Å²) in [5.74, 6) is 0.667. The van der Waals surface area contributed by atoms with Crippen LogP contribution >= 0.6 is 12.2 Å². The highest BCUT2D eigenvalue weighted by molar-refractivity contribution is 7.71. The van der Waals surface area contributed by atoms with E-state index in [9.17, 15) is 10.1 Å². The Morgan fingerprint density at radius 3 is 3.00 bits per heavy atom. The average Bonchev–Trinajstić information content (AvgIpc) is 2.77. The molecule has 0 spiro atoms. The van der Waals surface area contributed by atoms with Gasteiger partial charge in [-0.1, -0.05) is 19.1 Å². The van der Waals surface area contributed by atoms with Crippen LogP contribution in [0, 0.1) is 14.9 Å². The molecule has 1 heterocycles. The van der Waals surface area contributed by atoms with Crippen molar-refractivity contribution < 1.29 is 4.92 Å². The quantitative estimate of drug-likeness (QED) is 0.402. The first-order valence-corrected chi connectivity index (χ1v) is 5.98. The van der Waals surface area contributed by atoms with E-state index in [0.717, 1.165) is 0 Å². The SMILES string of the molecule is CCc1n[nH]c(=S)n1N=Cc1ccccc1[N+](=O)[O-]. The van der Waals surface area contributed by atoms with E-state index < -0.39 is 4.92 Å². The fourth-order valence-corrected chi connectivity index (χ4v) is 1.75. The highest BCUT2D eigenvalue weighted by Crippen LogP contribution is 2.15. The molecular weight excluding hydrogens is 266 g/mol. The minimum atomic E-state index is -0.448. The summed E-state index contributed by atoms with van der Waals surface area (Å²) in [6.07, 6.45) is 2.06. The van der Waals surface area contributed by atoms with E-state index in [1.807, 2.05) is 6.92 Å². The molecule has 0 fully saturated rings. The Labute approximate surface area is 113 Å². The molecule has 2 rings (SSSR count). The van der Waals surface area contributed by atoms with Gasteiger partial charge in [-0.2, -0.15) is 14.9 Å². The summed E-state index contributed by atoms with van der Waals surface area (Å²) in [7, 11) is 0. The van der Waals surface area contributed by atoms with Crippen LogP contribution in [0.25, 0.3) is 0 Å². The second kappa shape index (κ2) is 5.53. The van der Waals surface area contributed by atoms with Crippen LogP contribution in [0.4, 0.5) is 5.69 Å². The Morgan fingerprint density at radius 1 is 1.58 bits per heavy atom. The zero-order valence-corrected chi connectivity index (χ0v) is 10.9. The lowest BCUT2D eigenvalue weighted by Crippen LogP contribution is -1.99. The highest BCUT2D eigenvalue weighted by Gasteiger charge is 2.10. The molecule has 98 valence electrons. The van der Waals surface area contributed by atoms with Crippen molar-refractivity contribution in [3.8, 4) is 0 Å². The summed E-state index contributed by atoms with van der Waals surface area (Å²) < 4.78 is 1.80. The number of rotatable bonds is 4. The van der Waals surface area contributed by atoms with Crippen molar-refractivity contribution in [1.82, 2.24) is 14.9 Å². The first-order valence-electron chi connectivity index (χ1n) is 5.57. The van der Waals surface area contributed by atoms with Crippen LogP contribution in [0.1, 0.15) is 18.3 Å². The number of nitrogens with zero attached hydrogens (tertiary/aromatic N) is 4. The number of aryl methyl sites for hydroxylation is 1. The van der Waals surface area contributed by atoms with Crippen LogP contribution in [0.15, 0.2) is 29.4 Å². The zero-order chi connectivity index (χ0) is 13.8. The van der Waals surface area contributed by atoms with Crippen LogP contribution in [-0.4, -0.2) is 26.0 Å². The van der Waals surface area contributed by atoms with Gasteiger partial charge in [-0.15, -0.1) is 0 Å². The number of nitro groups is 1. The molecule has 0 aliphatic carbocycles. The normalized spacial score (nSPS) is 11.0. The molecule has 0 atom stereocenters. The third-order valence-electron chi connectivity index (χ3n) is 2.48. The van der Waals surface area contributed by atoms with Gasteiger partial charge in [0.05, 0.1) is 16.7 Å². The summed E-state index contributed by atoms with van der Waals surface area (Å²) in [4.78, 5) is 10.4. The molecule has 0 aliphatic heterocycles. The van der Waals surface area contributed by atoms with Crippen molar-refractivity contribution in [2.45, 2.75) is 13.3 Å². The lowest BCUT2D eigenvalue weighted by molar-refractivity contribution is -0.385. The van der Waals surface area contributed by atoms with Gasteiger partial charge in [0.25, 0.3) is 5.69 Å². The molecule has 0 saturated carbocycles. The summed E-state index contributed by atoms with van der Waals surface area (Å²) in [5.41, 5.74) is 0.414. The Kier molecular flexibility index (Phi) is 3.81. The molecule has 1 aromatic carbocycles. The Morgan fingerprint density at radius 2 is 2.32 bits per heavy atom. The molecule has 2 aromatic rings. The average molecular weight is 277 g/mol. The Hall–Kier alpha value is -2.35. The van der Waals surface area contributed by atoms with Gasteiger partial charge in [0.1, 0.15) is 0 Å². The lowest BCUT2D eigenvalue weighted by Gasteiger charge is -1.98. The van der Waals surface area contributed by atoms with Gasteiger partial charge in [0.15, 0.2) is 5.82 Å². The molecule has 0 unspecified atom stereocenters. The molecule has 0 bridgehead atoms. The third kappa shape index (κ3) is 2.74. The van der Waals surface area contributed by atoms with Gasteiger partial charge in [-0.3, -0.25) is 15.2 Å². The summed E-state index contributed by atoms with van der Waals surface area (Å²) >= 11 is 5.04. The number of aromatic amines is 1. The first-order chi connectivity index (χ1) is 9.13. The molecule has 0 amide bonds. The van der Waals surface area contributed by atoms with Gasteiger partial charge < -0.3 is 0 Å². The van der Waals surface area contributed by atoms with E-state index >= 15 is 0 Å². The Bertz CT molecular complexity index is 688. The molecule has 7 nitrogen and oxygen atoms in total. The van der Waals surface area contributed by atoms with E-state index in [4.69, 9.17) is 12.2 Å². The van der Waals surface area contributed by atoms with Crippen LogP contribution in [-0.2, 0) is 6.42 Å². The maximum atomic E-state index is 10.9. The van der Waals surface area contributed by atoms with E-state index in [1.54, 1.807) is 18.2 Å². The smallest absolute Gasteiger partial charge is 0.258 e. The van der Waals surface area contributed by atoms with Crippen molar-refractivity contribution in [1.29, 1.82) is 0 Å². The highest BCUT2D eigenvalue weighted by atomic mass is 32.1. The largest absolute Gasteiger partial charge is 0.278 e. The topological polar surface area (TPSA) is 89.1 Å². The second-order valence-electron chi connectivity index (χ2n) is 3.67. The van der Waals surface area contributed by atoms with E-state index in [1.165, 1.54) is 17.0 Å². The number of benzene rings is 1. The lowest BCUT2D eigenvalue weighted by atomic mass is 10.2. The van der Waals surface area contributed by atoms with Gasteiger partial charge in [0.2, 0.25) is 4.77 Å². The van der Waals surface area contributed by atoms with Crippen molar-refractivity contribution in [3.05, 3.63) is 50.5 Å². The van der Waals surface area contributed by atoms with Gasteiger partial charge in [-0.05, 0) is 18.3 Å². The fraction of sp³-hybridized carbons (Fsp3) is 0.182. The molecule has 19 heavy (non-hydrogen) atoms.